The van der Waals surface area contributed by atoms with Gasteiger partial charge >= 0.3 is 5.97 Å². The van der Waals surface area contributed by atoms with Crippen molar-refractivity contribution in [3.8, 4) is 0 Å². The standard InChI is InChI=1S/C25H25Cl2N3O5/c1-14-16(26)6-5-7-18(14)28-22(32)25-11-10-24(4,23(25,2)3)20(13-25)29-35-21(31)15-8-9-17(27)19(12-15)30(33)34/h5-9,12H,10-11,13H2,1-4H3,(H,28,32)/b29-20-. The van der Waals surface area contributed by atoms with Crippen LogP contribution in [-0.4, -0.2) is 22.5 Å². The van der Waals surface area contributed by atoms with Crippen LogP contribution in [0.4, 0.5) is 11.4 Å². The molecule has 4 rings (SSSR count). The Balaban J connectivity index is 1.60. The first kappa shape index (κ1) is 25.1. The van der Waals surface area contributed by atoms with E-state index >= 15 is 0 Å². The lowest BCUT2D eigenvalue weighted by atomic mass is 9.64. The van der Waals surface area contributed by atoms with Gasteiger partial charge in [0.15, 0.2) is 0 Å². The van der Waals surface area contributed by atoms with Gasteiger partial charge in [0.25, 0.3) is 5.69 Å². The smallest absolute Gasteiger partial charge is 0.325 e. The summed E-state index contributed by atoms with van der Waals surface area (Å²) in [6.07, 6.45) is 1.69. The van der Waals surface area contributed by atoms with E-state index < -0.39 is 32.8 Å². The van der Waals surface area contributed by atoms with E-state index in [0.29, 0.717) is 35.7 Å². The number of fused-ring (bicyclic) bond motifs is 2. The second kappa shape index (κ2) is 8.60. The number of rotatable bonds is 5. The molecule has 2 unspecified atom stereocenters. The minimum atomic E-state index is -0.838. The minimum Gasteiger partial charge on any atom is -0.325 e. The van der Waals surface area contributed by atoms with Crippen LogP contribution in [0, 0.1) is 33.3 Å². The summed E-state index contributed by atoms with van der Waals surface area (Å²) in [6.45, 7) is 7.95. The van der Waals surface area contributed by atoms with E-state index in [4.69, 9.17) is 28.0 Å². The first-order chi connectivity index (χ1) is 16.3. The van der Waals surface area contributed by atoms with E-state index in [9.17, 15) is 19.7 Å². The summed E-state index contributed by atoms with van der Waals surface area (Å²) in [4.78, 5) is 41.9. The molecule has 2 aromatic carbocycles. The highest BCUT2D eigenvalue weighted by Crippen LogP contribution is 2.71. The van der Waals surface area contributed by atoms with Crippen LogP contribution in [0.25, 0.3) is 0 Å². The summed E-state index contributed by atoms with van der Waals surface area (Å²) >= 11 is 12.1. The molecule has 184 valence electrons. The fraction of sp³-hybridized carbons (Fsp3) is 0.400. The van der Waals surface area contributed by atoms with Crippen molar-refractivity contribution >= 4 is 52.2 Å². The monoisotopic (exact) mass is 517 g/mol. The third kappa shape index (κ3) is 3.79. The van der Waals surface area contributed by atoms with Crippen LogP contribution in [-0.2, 0) is 9.63 Å². The molecule has 0 aliphatic heterocycles. The average Bonchev–Trinajstić information content (AvgIpc) is 3.11. The average molecular weight is 518 g/mol. The fourth-order valence-electron chi connectivity index (χ4n) is 5.44. The molecule has 8 nitrogen and oxygen atoms in total. The second-order valence-corrected chi connectivity index (χ2v) is 10.7. The Labute approximate surface area is 212 Å². The summed E-state index contributed by atoms with van der Waals surface area (Å²) < 4.78 is 0. The molecule has 2 aromatic rings. The number of hydrogen-bond donors (Lipinski definition) is 1. The number of amides is 1. The minimum absolute atomic E-state index is 0.0399. The van der Waals surface area contributed by atoms with Gasteiger partial charge < -0.3 is 10.2 Å². The molecule has 2 saturated carbocycles. The molecule has 0 radical (unpaired) electrons. The summed E-state index contributed by atoms with van der Waals surface area (Å²) in [6, 6.07) is 9.03. The van der Waals surface area contributed by atoms with Crippen LogP contribution >= 0.6 is 23.2 Å². The maximum absolute atomic E-state index is 13.7. The van der Waals surface area contributed by atoms with Crippen molar-refractivity contribution in [2.24, 2.45) is 21.4 Å². The molecule has 2 atom stereocenters. The zero-order valence-electron chi connectivity index (χ0n) is 19.8. The van der Waals surface area contributed by atoms with E-state index in [2.05, 4.69) is 10.5 Å². The molecule has 2 aliphatic rings. The van der Waals surface area contributed by atoms with Crippen molar-refractivity contribution in [1.29, 1.82) is 0 Å². The third-order valence-electron chi connectivity index (χ3n) is 8.30. The lowest BCUT2D eigenvalue weighted by Crippen LogP contribution is -2.43. The third-order valence-corrected chi connectivity index (χ3v) is 9.03. The molecule has 35 heavy (non-hydrogen) atoms. The maximum atomic E-state index is 13.7. The summed E-state index contributed by atoms with van der Waals surface area (Å²) in [5, 5.41) is 18.8. The van der Waals surface area contributed by atoms with Gasteiger partial charge in [0.1, 0.15) is 5.02 Å². The van der Waals surface area contributed by atoms with Crippen LogP contribution in [0.1, 0.15) is 56.0 Å². The zero-order valence-corrected chi connectivity index (χ0v) is 21.3. The van der Waals surface area contributed by atoms with Gasteiger partial charge in [0, 0.05) is 28.6 Å². The van der Waals surface area contributed by atoms with Gasteiger partial charge in [-0.05, 0) is 55.0 Å². The molecule has 0 saturated heterocycles. The molecular weight excluding hydrogens is 493 g/mol. The highest BCUT2D eigenvalue weighted by atomic mass is 35.5. The number of hydrogen-bond acceptors (Lipinski definition) is 6. The number of nitrogens with zero attached hydrogens (tertiary/aromatic N) is 2. The largest absolute Gasteiger partial charge is 0.365 e. The molecule has 0 aromatic heterocycles. The Bertz CT molecular complexity index is 1290. The van der Waals surface area contributed by atoms with Gasteiger partial charge in [-0.2, -0.15) is 0 Å². The maximum Gasteiger partial charge on any atom is 0.365 e. The molecule has 2 fully saturated rings. The molecule has 1 N–H and O–H groups in total. The molecule has 0 heterocycles. The lowest BCUT2D eigenvalue weighted by molar-refractivity contribution is -0.384. The van der Waals surface area contributed by atoms with Crippen LogP contribution in [0.15, 0.2) is 41.6 Å². The Morgan fingerprint density at radius 2 is 1.83 bits per heavy atom. The first-order valence-corrected chi connectivity index (χ1v) is 11.9. The number of anilines is 1. The normalized spacial score (nSPS) is 25.5. The second-order valence-electron chi connectivity index (χ2n) is 9.92. The van der Waals surface area contributed by atoms with Crippen molar-refractivity contribution < 1.29 is 19.3 Å². The Kier molecular flexibility index (Phi) is 6.18. The number of nitrogens with one attached hydrogen (secondary N) is 1. The van der Waals surface area contributed by atoms with Gasteiger partial charge in [-0.25, -0.2) is 4.79 Å². The van der Waals surface area contributed by atoms with Crippen LogP contribution in [0.3, 0.4) is 0 Å². The number of benzene rings is 2. The highest BCUT2D eigenvalue weighted by molar-refractivity contribution is 6.32. The molecular formula is C25H25Cl2N3O5. The van der Waals surface area contributed by atoms with Crippen molar-refractivity contribution in [3.63, 3.8) is 0 Å². The van der Waals surface area contributed by atoms with Crippen molar-refractivity contribution in [3.05, 3.63) is 67.7 Å². The van der Waals surface area contributed by atoms with E-state index in [1.54, 1.807) is 12.1 Å². The first-order valence-electron chi connectivity index (χ1n) is 11.1. The van der Waals surface area contributed by atoms with Gasteiger partial charge in [0.05, 0.1) is 21.6 Å². The highest BCUT2D eigenvalue weighted by Gasteiger charge is 2.71. The number of nitro groups is 1. The van der Waals surface area contributed by atoms with Crippen LogP contribution < -0.4 is 5.32 Å². The number of oxime groups is 1. The Morgan fingerprint density at radius 3 is 2.51 bits per heavy atom. The van der Waals surface area contributed by atoms with E-state index in [1.165, 1.54) is 12.1 Å². The quantitative estimate of drug-likeness (QED) is 0.273. The van der Waals surface area contributed by atoms with E-state index in [-0.39, 0.29) is 16.5 Å². The predicted molar refractivity (Wildman–Crippen MR) is 134 cm³/mol. The molecule has 10 heteroatoms. The molecule has 0 spiro atoms. The molecule has 1 amide bonds. The van der Waals surface area contributed by atoms with Crippen molar-refractivity contribution in [2.45, 2.75) is 47.0 Å². The summed E-state index contributed by atoms with van der Waals surface area (Å²) in [5.74, 6) is -0.962. The number of carbonyl (C=O) groups excluding carboxylic acids is 2. The lowest BCUT2D eigenvalue weighted by Gasteiger charge is -2.39. The molecule has 2 aliphatic carbocycles. The van der Waals surface area contributed by atoms with Crippen LogP contribution in [0.5, 0.6) is 0 Å². The SMILES string of the molecule is Cc1c(Cl)cccc1NC(=O)C12CCC(C)(/C(=N\OC(=O)c3ccc(Cl)c([N+](=O)[O-])c3)C1)C2(C)C. The topological polar surface area (TPSA) is 111 Å². The fourth-order valence-corrected chi connectivity index (χ4v) is 5.80. The van der Waals surface area contributed by atoms with Gasteiger partial charge in [-0.15, -0.1) is 0 Å². The van der Waals surface area contributed by atoms with Crippen molar-refractivity contribution in [2.75, 3.05) is 5.32 Å². The number of nitro benzene ring substituents is 1. The summed E-state index contributed by atoms with van der Waals surface area (Å²) in [5.41, 5.74) is -0.0706. The van der Waals surface area contributed by atoms with E-state index in [0.717, 1.165) is 11.6 Å². The van der Waals surface area contributed by atoms with Gasteiger partial charge in [0.2, 0.25) is 5.91 Å². The van der Waals surface area contributed by atoms with Gasteiger partial charge in [-0.3, -0.25) is 14.9 Å². The zero-order chi connectivity index (χ0) is 25.8. The Morgan fingerprint density at radius 1 is 1.11 bits per heavy atom. The van der Waals surface area contributed by atoms with E-state index in [1.807, 2.05) is 33.8 Å². The van der Waals surface area contributed by atoms with Gasteiger partial charge in [-0.1, -0.05) is 55.2 Å². The van der Waals surface area contributed by atoms with Crippen molar-refractivity contribution in [1.82, 2.24) is 0 Å². The summed E-state index contributed by atoms with van der Waals surface area (Å²) in [7, 11) is 0. The molecule has 2 bridgehead atoms. The Hall–Kier alpha value is -2.97. The number of halogens is 2. The number of carbonyl (C=O) groups is 2. The predicted octanol–water partition coefficient (Wildman–Crippen LogP) is 6.58. The van der Waals surface area contributed by atoms with Crippen LogP contribution in [0.2, 0.25) is 10.0 Å².